The number of rotatable bonds is 23. The van der Waals surface area contributed by atoms with E-state index in [-0.39, 0.29) is 23.9 Å². The molecule has 1 rings (SSSR count). The summed E-state index contributed by atoms with van der Waals surface area (Å²) < 4.78 is 5.97. The van der Waals surface area contributed by atoms with Gasteiger partial charge in [0.2, 0.25) is 5.91 Å². The summed E-state index contributed by atoms with van der Waals surface area (Å²) >= 11 is 0. The predicted octanol–water partition coefficient (Wildman–Crippen LogP) is 7.18. The SMILES string of the molecule is CCN1CC(=O)N(CCC(CC)(CC)CCCCOCCCCC(CC)(CC)CCCCCO)C1=O. The van der Waals surface area contributed by atoms with Gasteiger partial charge in [0.1, 0.15) is 6.54 Å². The highest BCUT2D eigenvalue weighted by Gasteiger charge is 2.36. The summed E-state index contributed by atoms with van der Waals surface area (Å²) in [7, 11) is 0. The predicted molar refractivity (Wildman–Crippen MR) is 149 cm³/mol. The molecule has 0 bridgehead atoms. The molecule has 1 saturated heterocycles. The van der Waals surface area contributed by atoms with Crippen LogP contribution in [-0.2, 0) is 9.53 Å². The van der Waals surface area contributed by atoms with E-state index < -0.39 is 0 Å². The summed E-state index contributed by atoms with van der Waals surface area (Å²) in [6, 6.07) is -0.117. The summed E-state index contributed by atoms with van der Waals surface area (Å²) in [4.78, 5) is 27.8. The maximum Gasteiger partial charge on any atom is 0.327 e. The van der Waals surface area contributed by atoms with Crippen LogP contribution in [0.15, 0.2) is 0 Å². The molecule has 1 aliphatic rings. The van der Waals surface area contributed by atoms with Gasteiger partial charge in [-0.2, -0.15) is 0 Å². The average molecular weight is 511 g/mol. The fourth-order valence-electron chi connectivity index (χ4n) is 5.87. The lowest BCUT2D eigenvalue weighted by Gasteiger charge is -2.33. The third kappa shape index (κ3) is 10.7. The molecule has 36 heavy (non-hydrogen) atoms. The summed E-state index contributed by atoms with van der Waals surface area (Å²) in [5, 5.41) is 9.01. The number of hydrogen-bond acceptors (Lipinski definition) is 4. The fraction of sp³-hybridized carbons (Fsp3) is 0.933. The van der Waals surface area contributed by atoms with Crippen LogP contribution in [0.5, 0.6) is 0 Å². The first-order valence-electron chi connectivity index (χ1n) is 15.1. The monoisotopic (exact) mass is 510 g/mol. The molecule has 6 heteroatoms. The normalized spacial score (nSPS) is 14.9. The van der Waals surface area contributed by atoms with Crippen molar-refractivity contribution in [3.63, 3.8) is 0 Å². The van der Waals surface area contributed by atoms with Crippen molar-refractivity contribution in [2.24, 2.45) is 10.8 Å². The Morgan fingerprint density at radius 1 is 0.722 bits per heavy atom. The van der Waals surface area contributed by atoms with Crippen molar-refractivity contribution < 1.29 is 19.4 Å². The number of urea groups is 1. The maximum absolute atomic E-state index is 12.4. The van der Waals surface area contributed by atoms with E-state index in [9.17, 15) is 9.59 Å². The minimum absolute atomic E-state index is 0.0480. The van der Waals surface area contributed by atoms with Gasteiger partial charge in [-0.25, -0.2) is 4.79 Å². The van der Waals surface area contributed by atoms with Crippen LogP contribution in [0, 0.1) is 10.8 Å². The number of nitrogens with zero attached hydrogens (tertiary/aromatic N) is 2. The number of ether oxygens (including phenoxy) is 1. The summed E-state index contributed by atoms with van der Waals surface area (Å²) in [5.41, 5.74) is 0.666. The molecule has 0 saturated carbocycles. The molecule has 1 aliphatic heterocycles. The van der Waals surface area contributed by atoms with Crippen LogP contribution in [0.3, 0.4) is 0 Å². The Bertz CT molecular complexity index is 602. The number of likely N-dealkylation sites (N-methyl/N-ethyl adjacent to an activating group) is 1. The van der Waals surface area contributed by atoms with E-state index in [4.69, 9.17) is 9.84 Å². The number of aliphatic hydroxyl groups excluding tert-OH is 1. The topological polar surface area (TPSA) is 70.1 Å². The second-order valence-electron chi connectivity index (χ2n) is 11.1. The molecule has 0 atom stereocenters. The molecule has 6 nitrogen and oxygen atoms in total. The zero-order chi connectivity index (χ0) is 26.9. The van der Waals surface area contributed by atoms with E-state index >= 15 is 0 Å². The van der Waals surface area contributed by atoms with E-state index in [0.717, 1.165) is 71.0 Å². The molecule has 0 aromatic rings. The van der Waals surface area contributed by atoms with Gasteiger partial charge in [-0.3, -0.25) is 9.69 Å². The Labute approximate surface area is 222 Å². The molecule has 3 amide bonds. The van der Waals surface area contributed by atoms with Crippen LogP contribution in [0.1, 0.15) is 131 Å². The molecule has 0 aromatic heterocycles. The Morgan fingerprint density at radius 2 is 1.22 bits per heavy atom. The lowest BCUT2D eigenvalue weighted by Crippen LogP contribution is -2.36. The highest BCUT2D eigenvalue weighted by atomic mass is 16.5. The molecular formula is C30H58N2O4. The van der Waals surface area contributed by atoms with Gasteiger partial charge in [-0.15, -0.1) is 0 Å². The Morgan fingerprint density at radius 3 is 1.67 bits per heavy atom. The van der Waals surface area contributed by atoms with Crippen molar-refractivity contribution in [1.82, 2.24) is 9.80 Å². The molecule has 0 aliphatic carbocycles. The van der Waals surface area contributed by atoms with Crippen molar-refractivity contribution in [3.8, 4) is 0 Å². The minimum atomic E-state index is -0.117. The standard InChI is InChI=1S/C30H58N2O4/c1-6-29(7-2,18-12-11-15-23-33)19-13-16-24-36-25-17-14-20-30(8-3,9-4)21-22-32-27(34)26-31(10-5)28(32)35/h33H,6-26H2,1-5H3. The number of hydrogen-bond donors (Lipinski definition) is 1. The molecular weight excluding hydrogens is 452 g/mol. The Balaban J connectivity index is 2.26. The van der Waals surface area contributed by atoms with E-state index in [1.807, 2.05) is 6.92 Å². The van der Waals surface area contributed by atoms with Gasteiger partial charge in [-0.1, -0.05) is 79.1 Å². The molecule has 0 aromatic carbocycles. The van der Waals surface area contributed by atoms with E-state index in [2.05, 4.69) is 27.7 Å². The number of carbonyl (C=O) groups is 2. The Hall–Kier alpha value is -1.14. The van der Waals surface area contributed by atoms with Crippen LogP contribution in [0.4, 0.5) is 4.79 Å². The van der Waals surface area contributed by atoms with Crippen LogP contribution in [-0.4, -0.2) is 66.3 Å². The second-order valence-corrected chi connectivity index (χ2v) is 11.1. The fourth-order valence-corrected chi connectivity index (χ4v) is 5.87. The minimum Gasteiger partial charge on any atom is -0.396 e. The Kier molecular flexibility index (Phi) is 16.6. The van der Waals surface area contributed by atoms with Crippen molar-refractivity contribution >= 4 is 11.9 Å². The molecule has 1 N–H and O–H groups in total. The summed E-state index contributed by atoms with van der Waals surface area (Å²) in [6.07, 6.45) is 17.1. The van der Waals surface area contributed by atoms with Gasteiger partial charge in [-0.05, 0) is 62.7 Å². The van der Waals surface area contributed by atoms with Gasteiger partial charge in [0.05, 0.1) is 0 Å². The third-order valence-electron chi connectivity index (χ3n) is 9.23. The van der Waals surface area contributed by atoms with Gasteiger partial charge in [0.15, 0.2) is 0 Å². The van der Waals surface area contributed by atoms with Crippen molar-refractivity contribution in [3.05, 3.63) is 0 Å². The van der Waals surface area contributed by atoms with Crippen molar-refractivity contribution in [1.29, 1.82) is 0 Å². The zero-order valence-electron chi connectivity index (χ0n) is 24.4. The second kappa shape index (κ2) is 18.2. The quantitative estimate of drug-likeness (QED) is 0.117. The van der Waals surface area contributed by atoms with Gasteiger partial charge in [0, 0.05) is 32.9 Å². The maximum atomic E-state index is 12.4. The largest absolute Gasteiger partial charge is 0.396 e. The van der Waals surface area contributed by atoms with E-state index in [0.29, 0.717) is 25.1 Å². The van der Waals surface area contributed by atoms with Crippen LogP contribution in [0.2, 0.25) is 0 Å². The van der Waals surface area contributed by atoms with Gasteiger partial charge < -0.3 is 14.7 Å². The molecule has 0 unspecified atom stereocenters. The highest BCUT2D eigenvalue weighted by molar-refractivity contribution is 6.01. The summed E-state index contributed by atoms with van der Waals surface area (Å²) in [5.74, 6) is -0.0480. The van der Waals surface area contributed by atoms with Crippen LogP contribution in [0.25, 0.3) is 0 Å². The van der Waals surface area contributed by atoms with Crippen molar-refractivity contribution in [2.75, 3.05) is 39.5 Å². The van der Waals surface area contributed by atoms with E-state index in [1.165, 1.54) is 43.4 Å². The van der Waals surface area contributed by atoms with Crippen LogP contribution >= 0.6 is 0 Å². The first-order chi connectivity index (χ1) is 17.4. The number of unbranched alkanes of at least 4 members (excludes halogenated alkanes) is 4. The number of amides is 3. The van der Waals surface area contributed by atoms with Crippen molar-refractivity contribution in [2.45, 2.75) is 131 Å². The number of aliphatic hydroxyl groups is 1. The number of imide groups is 1. The summed E-state index contributed by atoms with van der Waals surface area (Å²) in [6.45, 7) is 14.4. The highest BCUT2D eigenvalue weighted by Crippen LogP contribution is 2.38. The molecule has 0 spiro atoms. The number of carbonyl (C=O) groups excluding carboxylic acids is 2. The third-order valence-corrected chi connectivity index (χ3v) is 9.23. The lowest BCUT2D eigenvalue weighted by atomic mass is 9.74. The molecule has 212 valence electrons. The average Bonchev–Trinajstić information content (AvgIpc) is 3.18. The lowest BCUT2D eigenvalue weighted by molar-refractivity contribution is -0.125. The zero-order valence-corrected chi connectivity index (χ0v) is 24.4. The molecule has 1 fully saturated rings. The first kappa shape index (κ1) is 32.9. The van der Waals surface area contributed by atoms with E-state index in [1.54, 1.807) is 4.90 Å². The molecule has 0 radical (unpaired) electrons. The first-order valence-corrected chi connectivity index (χ1v) is 15.1. The van der Waals surface area contributed by atoms with Crippen LogP contribution < -0.4 is 0 Å². The van der Waals surface area contributed by atoms with Gasteiger partial charge in [0.25, 0.3) is 0 Å². The smallest absolute Gasteiger partial charge is 0.327 e. The molecule has 1 heterocycles. The van der Waals surface area contributed by atoms with Gasteiger partial charge >= 0.3 is 6.03 Å².